The standard InChI is InChI=1S/C10H10N2S3/c1-12-7-5-3-4-6-8(7)15-9(12)11-10(13)14-2/h3-6H,1-2H3/b11-9-. The minimum atomic E-state index is 0.678. The lowest BCUT2D eigenvalue weighted by Crippen LogP contribution is -2.11. The van der Waals surface area contributed by atoms with E-state index in [1.165, 1.54) is 22.0 Å². The zero-order chi connectivity index (χ0) is 10.8. The van der Waals surface area contributed by atoms with Crippen LogP contribution in [0, 0.1) is 0 Å². The normalized spacial score (nSPS) is 12.3. The molecule has 0 atom stereocenters. The van der Waals surface area contributed by atoms with Crippen LogP contribution in [0.1, 0.15) is 0 Å². The molecule has 0 saturated heterocycles. The Morgan fingerprint density at radius 3 is 2.87 bits per heavy atom. The molecular formula is C10H10N2S3. The average Bonchev–Trinajstić information content (AvgIpc) is 2.57. The molecule has 2 rings (SSSR count). The zero-order valence-corrected chi connectivity index (χ0v) is 10.9. The van der Waals surface area contributed by atoms with Crippen LogP contribution in [0.3, 0.4) is 0 Å². The molecule has 0 aliphatic carbocycles. The van der Waals surface area contributed by atoms with E-state index < -0.39 is 0 Å². The number of aryl methyl sites for hydroxylation is 1. The van der Waals surface area contributed by atoms with Crippen molar-refractivity contribution in [3.63, 3.8) is 0 Å². The number of benzene rings is 1. The molecule has 2 aromatic rings. The third kappa shape index (κ3) is 2.14. The van der Waals surface area contributed by atoms with E-state index in [1.54, 1.807) is 11.3 Å². The highest BCUT2D eigenvalue weighted by Crippen LogP contribution is 2.15. The number of thiazole rings is 1. The van der Waals surface area contributed by atoms with Crippen molar-refractivity contribution in [2.24, 2.45) is 12.0 Å². The Hall–Kier alpha value is -0.650. The minimum absolute atomic E-state index is 0.678. The van der Waals surface area contributed by atoms with Gasteiger partial charge >= 0.3 is 0 Å². The van der Waals surface area contributed by atoms with E-state index in [4.69, 9.17) is 12.2 Å². The molecule has 0 fully saturated rings. The summed E-state index contributed by atoms with van der Waals surface area (Å²) in [6.45, 7) is 0. The average molecular weight is 254 g/mol. The van der Waals surface area contributed by atoms with Crippen molar-refractivity contribution in [2.45, 2.75) is 0 Å². The first-order valence-electron chi connectivity index (χ1n) is 4.39. The van der Waals surface area contributed by atoms with Crippen molar-refractivity contribution in [1.29, 1.82) is 0 Å². The zero-order valence-electron chi connectivity index (χ0n) is 8.43. The van der Waals surface area contributed by atoms with Crippen LogP contribution < -0.4 is 4.80 Å². The molecule has 5 heteroatoms. The molecule has 0 radical (unpaired) electrons. The van der Waals surface area contributed by atoms with Crippen LogP contribution in [0.4, 0.5) is 0 Å². The molecular weight excluding hydrogens is 244 g/mol. The van der Waals surface area contributed by atoms with Gasteiger partial charge < -0.3 is 4.57 Å². The van der Waals surface area contributed by atoms with Gasteiger partial charge in [0.1, 0.15) is 0 Å². The van der Waals surface area contributed by atoms with Gasteiger partial charge in [-0.1, -0.05) is 47.4 Å². The van der Waals surface area contributed by atoms with E-state index in [-0.39, 0.29) is 0 Å². The molecule has 1 aromatic carbocycles. The Morgan fingerprint density at radius 1 is 1.47 bits per heavy atom. The second-order valence-electron chi connectivity index (χ2n) is 2.99. The molecule has 0 amide bonds. The van der Waals surface area contributed by atoms with Gasteiger partial charge in [-0.25, -0.2) is 4.99 Å². The Morgan fingerprint density at radius 2 is 2.20 bits per heavy atom. The molecule has 0 N–H and O–H groups in total. The molecule has 0 bridgehead atoms. The fourth-order valence-corrected chi connectivity index (χ4v) is 2.72. The van der Waals surface area contributed by atoms with Gasteiger partial charge in [-0.05, 0) is 18.4 Å². The molecule has 1 heterocycles. The maximum atomic E-state index is 5.09. The van der Waals surface area contributed by atoms with Gasteiger partial charge in [0, 0.05) is 7.05 Å². The van der Waals surface area contributed by atoms with Crippen LogP contribution in [0.2, 0.25) is 0 Å². The van der Waals surface area contributed by atoms with E-state index in [0.29, 0.717) is 4.32 Å². The third-order valence-electron chi connectivity index (χ3n) is 2.08. The maximum Gasteiger partial charge on any atom is 0.192 e. The Bertz CT molecular complexity index is 565. The van der Waals surface area contributed by atoms with Crippen molar-refractivity contribution >= 4 is 49.9 Å². The molecule has 0 aliphatic rings. The van der Waals surface area contributed by atoms with Gasteiger partial charge in [0.15, 0.2) is 9.12 Å². The van der Waals surface area contributed by atoms with E-state index in [0.717, 1.165) is 4.80 Å². The molecule has 0 unspecified atom stereocenters. The number of thiocarbonyl (C=S) groups is 1. The van der Waals surface area contributed by atoms with Crippen molar-refractivity contribution in [3.8, 4) is 0 Å². The lowest BCUT2D eigenvalue weighted by Gasteiger charge is -1.93. The predicted octanol–water partition coefficient (Wildman–Crippen LogP) is 2.79. The smallest absolute Gasteiger partial charge is 0.192 e. The van der Waals surface area contributed by atoms with Crippen LogP contribution >= 0.6 is 35.3 Å². The van der Waals surface area contributed by atoms with Gasteiger partial charge in [0.25, 0.3) is 0 Å². The summed E-state index contributed by atoms with van der Waals surface area (Å²) in [6, 6.07) is 8.26. The third-order valence-corrected chi connectivity index (χ3v) is 4.22. The van der Waals surface area contributed by atoms with Crippen LogP contribution in [0.25, 0.3) is 10.2 Å². The molecule has 0 saturated carbocycles. The molecule has 0 aliphatic heterocycles. The lowest BCUT2D eigenvalue weighted by molar-refractivity contribution is 0.918. The second kappa shape index (κ2) is 4.47. The number of hydrogen-bond donors (Lipinski definition) is 0. The first-order chi connectivity index (χ1) is 7.22. The quantitative estimate of drug-likeness (QED) is 0.673. The molecule has 78 valence electrons. The number of rotatable bonds is 0. The van der Waals surface area contributed by atoms with Gasteiger partial charge in [-0.3, -0.25) is 0 Å². The summed E-state index contributed by atoms with van der Waals surface area (Å²) < 4.78 is 3.99. The van der Waals surface area contributed by atoms with Crippen LogP contribution in [0.5, 0.6) is 0 Å². The van der Waals surface area contributed by atoms with Gasteiger partial charge in [0.2, 0.25) is 0 Å². The Balaban J connectivity index is 2.68. The van der Waals surface area contributed by atoms with Crippen LogP contribution in [-0.4, -0.2) is 15.1 Å². The molecule has 15 heavy (non-hydrogen) atoms. The number of nitrogens with zero attached hydrogens (tertiary/aromatic N) is 2. The fraction of sp³-hybridized carbons (Fsp3) is 0.200. The summed E-state index contributed by atoms with van der Waals surface area (Å²) in [5.74, 6) is 0. The molecule has 1 aromatic heterocycles. The predicted molar refractivity (Wildman–Crippen MR) is 72.5 cm³/mol. The summed E-state index contributed by atoms with van der Waals surface area (Å²) in [4.78, 5) is 5.34. The van der Waals surface area contributed by atoms with Crippen LogP contribution in [-0.2, 0) is 7.05 Å². The summed E-state index contributed by atoms with van der Waals surface area (Å²) >= 11 is 8.25. The molecule has 2 nitrogen and oxygen atoms in total. The number of hydrogen-bond acceptors (Lipinski definition) is 3. The van der Waals surface area contributed by atoms with E-state index >= 15 is 0 Å². The van der Waals surface area contributed by atoms with Gasteiger partial charge in [-0.2, -0.15) is 0 Å². The monoisotopic (exact) mass is 254 g/mol. The Labute approximate surface area is 102 Å². The maximum absolute atomic E-state index is 5.09. The summed E-state index contributed by atoms with van der Waals surface area (Å²) in [6.07, 6.45) is 1.94. The summed E-state index contributed by atoms with van der Waals surface area (Å²) in [5, 5.41) is 0. The first kappa shape index (κ1) is 10.9. The van der Waals surface area contributed by atoms with E-state index in [1.807, 2.05) is 25.4 Å². The van der Waals surface area contributed by atoms with Crippen molar-refractivity contribution in [1.82, 2.24) is 4.57 Å². The minimum Gasteiger partial charge on any atom is -0.319 e. The van der Waals surface area contributed by atoms with Crippen LogP contribution in [0.15, 0.2) is 29.3 Å². The van der Waals surface area contributed by atoms with Crippen molar-refractivity contribution in [3.05, 3.63) is 29.1 Å². The Kier molecular flexibility index (Phi) is 3.23. The number of thioether (sulfide) groups is 1. The van der Waals surface area contributed by atoms with E-state index in [2.05, 4.69) is 21.7 Å². The van der Waals surface area contributed by atoms with Gasteiger partial charge in [-0.15, -0.1) is 0 Å². The van der Waals surface area contributed by atoms with E-state index in [9.17, 15) is 0 Å². The lowest BCUT2D eigenvalue weighted by atomic mass is 10.3. The SMILES string of the molecule is CSC(=S)/N=c1\sc2ccccc2n1C. The highest BCUT2D eigenvalue weighted by Gasteiger charge is 2.01. The highest BCUT2D eigenvalue weighted by atomic mass is 32.2. The number of fused-ring (bicyclic) bond motifs is 1. The molecule has 0 spiro atoms. The fourth-order valence-electron chi connectivity index (χ4n) is 1.31. The van der Waals surface area contributed by atoms with Crippen molar-refractivity contribution in [2.75, 3.05) is 6.26 Å². The first-order valence-corrected chi connectivity index (χ1v) is 6.84. The van der Waals surface area contributed by atoms with Crippen molar-refractivity contribution < 1.29 is 0 Å². The topological polar surface area (TPSA) is 17.3 Å². The largest absolute Gasteiger partial charge is 0.319 e. The summed E-state index contributed by atoms with van der Waals surface area (Å²) in [5.41, 5.74) is 1.20. The number of para-hydroxylation sites is 1. The second-order valence-corrected chi connectivity index (χ2v) is 5.44. The number of aromatic nitrogens is 1. The van der Waals surface area contributed by atoms with Gasteiger partial charge in [0.05, 0.1) is 10.2 Å². The highest BCUT2D eigenvalue weighted by molar-refractivity contribution is 8.22. The summed E-state index contributed by atoms with van der Waals surface area (Å²) in [7, 11) is 2.01.